The quantitative estimate of drug-likeness (QED) is 0.745. The zero-order valence-electron chi connectivity index (χ0n) is 10.3. The van der Waals surface area contributed by atoms with E-state index in [1.165, 1.54) is 12.1 Å². The van der Waals surface area contributed by atoms with Crippen LogP contribution in [0.4, 0.5) is 5.69 Å². The first-order valence-corrected chi connectivity index (χ1v) is 8.50. The molecule has 0 bridgehead atoms. The van der Waals surface area contributed by atoms with Crippen LogP contribution in [-0.4, -0.2) is 27.3 Å². The molecule has 4 nitrogen and oxygen atoms in total. The van der Waals surface area contributed by atoms with Gasteiger partial charge < -0.3 is 5.32 Å². The predicted molar refractivity (Wildman–Crippen MR) is 82.0 cm³/mol. The SMILES string of the molecule is CCCNCCS(=O)(=O)Nc1c(Cl)cc(Cl)cc1Cl. The molecular weight excluding hydrogens is 331 g/mol. The molecule has 0 fully saturated rings. The van der Waals surface area contributed by atoms with Crippen molar-refractivity contribution in [3.05, 3.63) is 27.2 Å². The molecule has 0 aliphatic heterocycles. The van der Waals surface area contributed by atoms with Gasteiger partial charge in [0.1, 0.15) is 0 Å². The van der Waals surface area contributed by atoms with Crippen LogP contribution >= 0.6 is 34.8 Å². The number of sulfonamides is 1. The lowest BCUT2D eigenvalue weighted by atomic mass is 10.3. The van der Waals surface area contributed by atoms with Gasteiger partial charge in [-0.15, -0.1) is 0 Å². The van der Waals surface area contributed by atoms with E-state index in [4.69, 9.17) is 34.8 Å². The van der Waals surface area contributed by atoms with Gasteiger partial charge in [-0.3, -0.25) is 4.72 Å². The maximum absolute atomic E-state index is 11.9. The molecule has 0 amide bonds. The van der Waals surface area contributed by atoms with Gasteiger partial charge >= 0.3 is 0 Å². The van der Waals surface area contributed by atoms with E-state index < -0.39 is 10.0 Å². The van der Waals surface area contributed by atoms with Crippen LogP contribution in [-0.2, 0) is 10.0 Å². The first kappa shape index (κ1) is 16.9. The second kappa shape index (κ2) is 7.55. The Morgan fingerprint density at radius 1 is 1.11 bits per heavy atom. The zero-order valence-corrected chi connectivity index (χ0v) is 13.4. The Morgan fingerprint density at radius 2 is 1.68 bits per heavy atom. The lowest BCUT2D eigenvalue weighted by Gasteiger charge is -2.12. The molecule has 1 aromatic rings. The summed E-state index contributed by atoms with van der Waals surface area (Å²) in [5.41, 5.74) is 0.156. The van der Waals surface area contributed by atoms with Crippen LogP contribution in [0.25, 0.3) is 0 Å². The molecular formula is C11H15Cl3N2O2S. The summed E-state index contributed by atoms with van der Waals surface area (Å²) in [6, 6.07) is 2.87. The van der Waals surface area contributed by atoms with Crippen molar-refractivity contribution in [2.24, 2.45) is 0 Å². The summed E-state index contributed by atoms with van der Waals surface area (Å²) in [7, 11) is -3.50. The molecule has 8 heteroatoms. The van der Waals surface area contributed by atoms with Crippen LogP contribution in [0.3, 0.4) is 0 Å². The van der Waals surface area contributed by atoms with E-state index in [9.17, 15) is 8.42 Å². The number of nitrogens with one attached hydrogen (secondary N) is 2. The van der Waals surface area contributed by atoms with E-state index >= 15 is 0 Å². The zero-order chi connectivity index (χ0) is 14.5. The standard InChI is InChI=1S/C11H15Cl3N2O2S/c1-2-3-15-4-5-19(17,18)16-11-9(13)6-8(12)7-10(11)14/h6-7,15-16H,2-5H2,1H3. The first-order chi connectivity index (χ1) is 8.85. The van der Waals surface area contributed by atoms with E-state index in [0.29, 0.717) is 11.6 Å². The fourth-order valence-corrected chi connectivity index (χ4v) is 3.42. The summed E-state index contributed by atoms with van der Waals surface area (Å²) in [6.45, 7) is 3.15. The maximum Gasteiger partial charge on any atom is 0.234 e. The van der Waals surface area contributed by atoms with Crippen LogP contribution in [0.5, 0.6) is 0 Å². The number of hydrogen-bond acceptors (Lipinski definition) is 3. The van der Waals surface area contributed by atoms with Crippen molar-refractivity contribution in [1.29, 1.82) is 0 Å². The van der Waals surface area contributed by atoms with Gasteiger partial charge in [-0.05, 0) is 25.1 Å². The number of anilines is 1. The van der Waals surface area contributed by atoms with E-state index in [2.05, 4.69) is 10.0 Å². The second-order valence-corrected chi connectivity index (χ2v) is 7.01. The highest BCUT2D eigenvalue weighted by atomic mass is 35.5. The summed E-state index contributed by atoms with van der Waals surface area (Å²) in [6.07, 6.45) is 0.947. The second-order valence-electron chi connectivity index (χ2n) is 3.92. The molecule has 108 valence electrons. The van der Waals surface area contributed by atoms with Gasteiger partial charge in [-0.1, -0.05) is 41.7 Å². The minimum absolute atomic E-state index is 0.0533. The van der Waals surface area contributed by atoms with E-state index in [1.807, 2.05) is 6.92 Å². The Labute approximate surface area is 128 Å². The van der Waals surface area contributed by atoms with Crippen LogP contribution in [0.1, 0.15) is 13.3 Å². The molecule has 0 heterocycles. The molecule has 0 aromatic heterocycles. The van der Waals surface area contributed by atoms with Gasteiger partial charge in [0.05, 0.1) is 21.5 Å². The van der Waals surface area contributed by atoms with Crippen LogP contribution in [0, 0.1) is 0 Å². The van der Waals surface area contributed by atoms with Gasteiger partial charge in [0, 0.05) is 11.6 Å². The highest BCUT2D eigenvalue weighted by Gasteiger charge is 2.15. The molecule has 0 unspecified atom stereocenters. The average molecular weight is 346 g/mol. The van der Waals surface area contributed by atoms with Gasteiger partial charge in [-0.2, -0.15) is 0 Å². The fraction of sp³-hybridized carbons (Fsp3) is 0.455. The molecule has 0 saturated carbocycles. The van der Waals surface area contributed by atoms with E-state index in [-0.39, 0.29) is 21.5 Å². The topological polar surface area (TPSA) is 58.2 Å². The van der Waals surface area contributed by atoms with Gasteiger partial charge in [0.15, 0.2) is 0 Å². The minimum Gasteiger partial charge on any atom is -0.316 e. The lowest BCUT2D eigenvalue weighted by molar-refractivity contribution is 0.595. The molecule has 2 N–H and O–H groups in total. The Morgan fingerprint density at radius 3 is 2.21 bits per heavy atom. The third kappa shape index (κ3) is 5.75. The Bertz CT molecular complexity index is 512. The summed E-state index contributed by atoms with van der Waals surface area (Å²) in [5, 5.41) is 3.70. The van der Waals surface area contributed by atoms with Crippen molar-refractivity contribution in [3.63, 3.8) is 0 Å². The van der Waals surface area contributed by atoms with Crippen molar-refractivity contribution < 1.29 is 8.42 Å². The third-order valence-corrected chi connectivity index (χ3v) is 4.31. The summed E-state index contributed by atoms with van der Waals surface area (Å²) in [5.74, 6) is -0.0533. The summed E-state index contributed by atoms with van der Waals surface area (Å²) >= 11 is 17.6. The minimum atomic E-state index is -3.50. The Hall–Kier alpha value is -0.200. The van der Waals surface area contributed by atoms with E-state index in [1.54, 1.807) is 0 Å². The average Bonchev–Trinajstić information content (AvgIpc) is 2.29. The highest BCUT2D eigenvalue weighted by molar-refractivity contribution is 7.92. The molecule has 0 atom stereocenters. The molecule has 0 saturated heterocycles. The fourth-order valence-electron chi connectivity index (χ4n) is 1.35. The highest BCUT2D eigenvalue weighted by Crippen LogP contribution is 2.34. The number of rotatable bonds is 7. The smallest absolute Gasteiger partial charge is 0.234 e. The van der Waals surface area contributed by atoms with Crippen molar-refractivity contribution in [2.75, 3.05) is 23.6 Å². The van der Waals surface area contributed by atoms with Crippen LogP contribution < -0.4 is 10.0 Å². The van der Waals surface area contributed by atoms with Crippen molar-refractivity contribution >= 4 is 50.5 Å². The number of hydrogen-bond donors (Lipinski definition) is 2. The summed E-state index contributed by atoms with van der Waals surface area (Å²) in [4.78, 5) is 0. The Kier molecular flexibility index (Phi) is 6.69. The normalized spacial score (nSPS) is 11.6. The largest absolute Gasteiger partial charge is 0.316 e. The Balaban J connectivity index is 2.73. The molecule has 1 aromatic carbocycles. The molecule has 1 rings (SSSR count). The van der Waals surface area contributed by atoms with Gasteiger partial charge in [-0.25, -0.2) is 8.42 Å². The summed E-state index contributed by atoms with van der Waals surface area (Å²) < 4.78 is 26.1. The maximum atomic E-state index is 11.9. The molecule has 0 aliphatic carbocycles. The molecule has 19 heavy (non-hydrogen) atoms. The predicted octanol–water partition coefficient (Wildman–Crippen LogP) is 3.39. The van der Waals surface area contributed by atoms with Gasteiger partial charge in [0.25, 0.3) is 0 Å². The van der Waals surface area contributed by atoms with Crippen LogP contribution in [0.2, 0.25) is 15.1 Å². The third-order valence-electron chi connectivity index (χ3n) is 2.24. The number of benzene rings is 1. The molecule has 0 spiro atoms. The van der Waals surface area contributed by atoms with Crippen molar-refractivity contribution in [3.8, 4) is 0 Å². The van der Waals surface area contributed by atoms with Crippen molar-refractivity contribution in [2.45, 2.75) is 13.3 Å². The molecule has 0 aliphatic rings. The van der Waals surface area contributed by atoms with Crippen LogP contribution in [0.15, 0.2) is 12.1 Å². The van der Waals surface area contributed by atoms with Gasteiger partial charge in [0.2, 0.25) is 10.0 Å². The lowest BCUT2D eigenvalue weighted by Crippen LogP contribution is -2.27. The first-order valence-electron chi connectivity index (χ1n) is 5.71. The van der Waals surface area contributed by atoms with E-state index in [0.717, 1.165) is 13.0 Å². The van der Waals surface area contributed by atoms with Crippen molar-refractivity contribution in [1.82, 2.24) is 5.32 Å². The number of halogens is 3. The molecule has 0 radical (unpaired) electrons. The monoisotopic (exact) mass is 344 g/mol.